The topological polar surface area (TPSA) is 38.3 Å². The number of amides is 1. The minimum atomic E-state index is -0.340. The minimum Gasteiger partial charge on any atom is -0.482 e. The van der Waals surface area contributed by atoms with Gasteiger partial charge in [0.1, 0.15) is 5.75 Å². The molecule has 0 atom stereocenters. The van der Waals surface area contributed by atoms with Gasteiger partial charge in [-0.3, -0.25) is 4.79 Å². The van der Waals surface area contributed by atoms with Crippen LogP contribution in [-0.4, -0.2) is 12.5 Å². The maximum Gasteiger partial charge on any atom is 0.262 e. The van der Waals surface area contributed by atoms with E-state index in [9.17, 15) is 4.79 Å². The van der Waals surface area contributed by atoms with Crippen LogP contribution < -0.4 is 10.1 Å². The lowest BCUT2D eigenvalue weighted by Gasteiger charge is -2.11. The van der Waals surface area contributed by atoms with Crippen LogP contribution in [0, 0.1) is 6.92 Å². The average molecular weight is 379 g/mol. The largest absolute Gasteiger partial charge is 0.482 e. The molecule has 0 fully saturated rings. The molecule has 0 heterocycles. The first-order valence-electron chi connectivity index (χ1n) is 6.20. The van der Waals surface area contributed by atoms with Crippen LogP contribution in [0.3, 0.4) is 0 Å². The highest BCUT2D eigenvalue weighted by atomic mass is 35.5. The fraction of sp³-hybridized carbons (Fsp3) is 0.133. The van der Waals surface area contributed by atoms with E-state index in [0.717, 1.165) is 5.56 Å². The normalized spacial score (nSPS) is 10.4. The molecular formula is C15H11Cl4NO2. The number of halogens is 4. The molecule has 2 rings (SSSR count). The van der Waals surface area contributed by atoms with Crippen molar-refractivity contribution in [2.45, 2.75) is 6.92 Å². The van der Waals surface area contributed by atoms with Gasteiger partial charge in [0.25, 0.3) is 5.91 Å². The van der Waals surface area contributed by atoms with Crippen LogP contribution in [0.2, 0.25) is 20.1 Å². The van der Waals surface area contributed by atoms with E-state index in [1.54, 1.807) is 12.1 Å². The molecule has 3 nitrogen and oxygen atoms in total. The summed E-state index contributed by atoms with van der Waals surface area (Å²) in [6.07, 6.45) is 0. The zero-order valence-corrected chi connectivity index (χ0v) is 14.4. The van der Waals surface area contributed by atoms with Gasteiger partial charge in [-0.15, -0.1) is 0 Å². The van der Waals surface area contributed by atoms with E-state index in [4.69, 9.17) is 51.1 Å². The van der Waals surface area contributed by atoms with Crippen molar-refractivity contribution < 1.29 is 9.53 Å². The third kappa shape index (κ3) is 4.43. The van der Waals surface area contributed by atoms with Gasteiger partial charge < -0.3 is 10.1 Å². The smallest absolute Gasteiger partial charge is 0.262 e. The second-order valence-corrected chi connectivity index (χ2v) is 6.15. The number of rotatable bonds is 4. The lowest BCUT2D eigenvalue weighted by atomic mass is 10.2. The lowest BCUT2D eigenvalue weighted by molar-refractivity contribution is -0.118. The van der Waals surface area contributed by atoms with Crippen molar-refractivity contribution in [3.8, 4) is 5.75 Å². The van der Waals surface area contributed by atoms with Crippen LogP contribution in [0.4, 0.5) is 5.69 Å². The zero-order valence-electron chi connectivity index (χ0n) is 11.4. The van der Waals surface area contributed by atoms with Gasteiger partial charge >= 0.3 is 0 Å². The van der Waals surface area contributed by atoms with Gasteiger partial charge in [0.05, 0.1) is 15.1 Å². The Bertz CT molecular complexity index is 719. The summed E-state index contributed by atoms with van der Waals surface area (Å²) in [4.78, 5) is 11.9. The second kappa shape index (κ2) is 7.42. The zero-order chi connectivity index (χ0) is 16.3. The van der Waals surface area contributed by atoms with Gasteiger partial charge in [-0.1, -0.05) is 52.5 Å². The SMILES string of the molecule is Cc1ccc(Cl)cc1NC(=O)COc1cc(Cl)c(Cl)cc1Cl. The van der Waals surface area contributed by atoms with E-state index in [1.807, 2.05) is 13.0 Å². The molecule has 0 spiro atoms. The Labute approximate surface area is 148 Å². The standard InChI is InChI=1S/C15H11Cl4NO2/c1-8-2-3-9(16)4-13(8)20-15(21)7-22-14-6-11(18)10(17)5-12(14)19/h2-6H,7H2,1H3,(H,20,21). The predicted octanol–water partition coefficient (Wildman–Crippen LogP) is 5.63. The number of hydrogen-bond donors (Lipinski definition) is 1. The van der Waals surface area contributed by atoms with Crippen molar-refractivity contribution in [2.24, 2.45) is 0 Å². The van der Waals surface area contributed by atoms with Crippen molar-refractivity contribution in [1.29, 1.82) is 0 Å². The third-order valence-electron chi connectivity index (χ3n) is 2.81. The van der Waals surface area contributed by atoms with Gasteiger partial charge in [0, 0.05) is 16.8 Å². The molecule has 0 radical (unpaired) electrons. The highest BCUT2D eigenvalue weighted by Crippen LogP contribution is 2.33. The summed E-state index contributed by atoms with van der Waals surface area (Å²) in [6.45, 7) is 1.65. The second-order valence-electron chi connectivity index (χ2n) is 4.49. The molecule has 2 aromatic carbocycles. The first-order valence-corrected chi connectivity index (χ1v) is 7.71. The van der Waals surface area contributed by atoms with Crippen LogP contribution >= 0.6 is 46.4 Å². The molecule has 7 heteroatoms. The molecule has 0 saturated heterocycles. The highest BCUT2D eigenvalue weighted by molar-refractivity contribution is 6.43. The first-order chi connectivity index (χ1) is 10.4. The van der Waals surface area contributed by atoms with E-state index < -0.39 is 0 Å². The number of nitrogens with one attached hydrogen (secondary N) is 1. The van der Waals surface area contributed by atoms with Crippen molar-refractivity contribution in [1.82, 2.24) is 0 Å². The Kier molecular flexibility index (Phi) is 5.81. The van der Waals surface area contributed by atoms with Crippen molar-refractivity contribution in [2.75, 3.05) is 11.9 Å². The van der Waals surface area contributed by atoms with Gasteiger partial charge in [-0.05, 0) is 30.7 Å². The summed E-state index contributed by atoms with van der Waals surface area (Å²) in [7, 11) is 0. The monoisotopic (exact) mass is 377 g/mol. The Hall–Kier alpha value is -1.13. The number of benzene rings is 2. The summed E-state index contributed by atoms with van der Waals surface area (Å²) < 4.78 is 5.36. The molecule has 0 aliphatic heterocycles. The van der Waals surface area contributed by atoms with E-state index in [2.05, 4.69) is 5.32 Å². The number of ether oxygens (including phenoxy) is 1. The number of aryl methyl sites for hydroxylation is 1. The molecule has 0 aromatic heterocycles. The molecule has 0 bridgehead atoms. The maximum absolute atomic E-state index is 11.9. The maximum atomic E-state index is 11.9. The molecule has 22 heavy (non-hydrogen) atoms. The molecule has 116 valence electrons. The summed E-state index contributed by atoms with van der Waals surface area (Å²) in [6, 6.07) is 8.15. The van der Waals surface area contributed by atoms with E-state index in [-0.39, 0.29) is 23.3 Å². The van der Waals surface area contributed by atoms with Gasteiger partial charge in [-0.2, -0.15) is 0 Å². The van der Waals surface area contributed by atoms with Crippen molar-refractivity contribution in [3.05, 3.63) is 56.0 Å². The minimum absolute atomic E-state index is 0.219. The molecule has 0 unspecified atom stereocenters. The van der Waals surface area contributed by atoms with Gasteiger partial charge in [0.15, 0.2) is 6.61 Å². The van der Waals surface area contributed by atoms with Crippen LogP contribution in [0.25, 0.3) is 0 Å². The summed E-state index contributed by atoms with van der Waals surface area (Å²) in [5.41, 5.74) is 1.52. The number of carbonyl (C=O) groups excluding carboxylic acids is 1. The van der Waals surface area contributed by atoms with Crippen LogP contribution in [0.5, 0.6) is 5.75 Å². The molecule has 0 saturated carbocycles. The fourth-order valence-corrected chi connectivity index (χ4v) is 2.44. The van der Waals surface area contributed by atoms with Crippen LogP contribution in [-0.2, 0) is 4.79 Å². The van der Waals surface area contributed by atoms with Crippen molar-refractivity contribution in [3.63, 3.8) is 0 Å². The highest BCUT2D eigenvalue weighted by Gasteiger charge is 2.10. The van der Waals surface area contributed by atoms with Crippen LogP contribution in [0.15, 0.2) is 30.3 Å². The molecule has 2 aromatic rings. The van der Waals surface area contributed by atoms with Crippen molar-refractivity contribution >= 4 is 58.0 Å². The average Bonchev–Trinajstić information content (AvgIpc) is 2.45. The predicted molar refractivity (Wildman–Crippen MR) is 91.8 cm³/mol. The summed E-state index contributed by atoms with van der Waals surface area (Å²) in [5, 5.41) is 4.15. The van der Waals surface area contributed by atoms with E-state index in [0.29, 0.717) is 20.8 Å². The Morgan fingerprint density at radius 1 is 1.05 bits per heavy atom. The lowest BCUT2D eigenvalue weighted by Crippen LogP contribution is -2.20. The van der Waals surface area contributed by atoms with E-state index >= 15 is 0 Å². The Morgan fingerprint density at radius 3 is 2.45 bits per heavy atom. The fourth-order valence-electron chi connectivity index (χ4n) is 1.67. The first kappa shape index (κ1) is 17.2. The summed E-state index contributed by atoms with van der Waals surface area (Å²) in [5.74, 6) is -0.0541. The summed E-state index contributed by atoms with van der Waals surface area (Å²) >= 11 is 23.6. The molecule has 0 aliphatic rings. The molecule has 0 aliphatic carbocycles. The molecule has 1 amide bonds. The quantitative estimate of drug-likeness (QED) is 0.700. The van der Waals surface area contributed by atoms with Gasteiger partial charge in [0.2, 0.25) is 0 Å². The number of hydrogen-bond acceptors (Lipinski definition) is 2. The number of anilines is 1. The Balaban J connectivity index is 2.01. The van der Waals surface area contributed by atoms with E-state index in [1.165, 1.54) is 12.1 Å². The van der Waals surface area contributed by atoms with Crippen LogP contribution in [0.1, 0.15) is 5.56 Å². The number of carbonyl (C=O) groups is 1. The molecular weight excluding hydrogens is 368 g/mol. The molecule has 1 N–H and O–H groups in total. The van der Waals surface area contributed by atoms with Gasteiger partial charge in [-0.25, -0.2) is 0 Å². The third-order valence-corrected chi connectivity index (χ3v) is 4.06. The Morgan fingerprint density at radius 2 is 1.73 bits per heavy atom.